The number of hydrogen-bond donors (Lipinski definition) is 1. The molecule has 10 heteroatoms. The van der Waals surface area contributed by atoms with Crippen molar-refractivity contribution in [2.75, 3.05) is 11.9 Å². The number of nitrogens with zero attached hydrogens (tertiary/aromatic N) is 5. The minimum absolute atomic E-state index is 0.0912. The molecule has 0 atom stereocenters. The minimum Gasteiger partial charge on any atom is -0.354 e. The molecule has 0 spiro atoms. The molecule has 0 amide bonds. The van der Waals surface area contributed by atoms with Gasteiger partial charge >= 0.3 is 6.18 Å². The summed E-state index contributed by atoms with van der Waals surface area (Å²) in [7, 11) is 0. The molecule has 2 rings (SSSR count). The Bertz CT molecular complexity index is 582. The molecule has 0 fully saturated rings. The molecule has 0 saturated carbocycles. The highest BCUT2D eigenvalue weighted by Crippen LogP contribution is 2.28. The highest BCUT2D eigenvalue weighted by Gasteiger charge is 2.32. The van der Waals surface area contributed by atoms with E-state index in [0.717, 1.165) is 10.9 Å². The first-order chi connectivity index (χ1) is 8.90. The molecule has 0 aliphatic heterocycles. The van der Waals surface area contributed by atoms with Crippen LogP contribution >= 0.6 is 11.6 Å². The second kappa shape index (κ2) is 5.00. The van der Waals surface area contributed by atoms with Crippen molar-refractivity contribution >= 4 is 17.5 Å². The van der Waals surface area contributed by atoms with Gasteiger partial charge in [0.25, 0.3) is 5.95 Å². The van der Waals surface area contributed by atoms with Crippen LogP contribution in [0.5, 0.6) is 0 Å². The molecule has 102 valence electrons. The lowest BCUT2D eigenvalue weighted by Gasteiger charge is -2.04. The van der Waals surface area contributed by atoms with Gasteiger partial charge in [-0.05, 0) is 18.5 Å². The number of anilines is 1. The lowest BCUT2D eigenvalue weighted by Crippen LogP contribution is -2.09. The Morgan fingerprint density at radius 1 is 1.32 bits per heavy atom. The van der Waals surface area contributed by atoms with Crippen molar-refractivity contribution in [1.82, 2.24) is 24.7 Å². The Balaban J connectivity index is 2.38. The van der Waals surface area contributed by atoms with Gasteiger partial charge in [-0.2, -0.15) is 33.2 Å². The van der Waals surface area contributed by atoms with Crippen molar-refractivity contribution < 1.29 is 13.2 Å². The summed E-state index contributed by atoms with van der Waals surface area (Å²) in [5.41, 5.74) is -0.894. The molecule has 0 radical (unpaired) electrons. The molecular formula is C9H8ClF3N6. The summed E-state index contributed by atoms with van der Waals surface area (Å²) in [6.07, 6.45) is -3.01. The molecule has 0 aromatic carbocycles. The number of hydrogen-bond acceptors (Lipinski definition) is 5. The van der Waals surface area contributed by atoms with E-state index in [1.54, 1.807) is 0 Å². The third kappa shape index (κ3) is 3.11. The van der Waals surface area contributed by atoms with Gasteiger partial charge in [-0.15, -0.1) is 0 Å². The van der Waals surface area contributed by atoms with E-state index in [1.807, 2.05) is 6.92 Å². The van der Waals surface area contributed by atoms with Crippen molar-refractivity contribution in [2.45, 2.75) is 13.1 Å². The molecule has 0 aliphatic carbocycles. The number of rotatable bonds is 3. The van der Waals surface area contributed by atoms with Gasteiger partial charge in [-0.25, -0.2) is 4.68 Å². The summed E-state index contributed by atoms with van der Waals surface area (Å²) in [6.45, 7) is 2.35. The van der Waals surface area contributed by atoms with E-state index in [0.29, 0.717) is 12.7 Å². The smallest absolute Gasteiger partial charge is 0.354 e. The highest BCUT2D eigenvalue weighted by atomic mass is 35.5. The maximum atomic E-state index is 12.5. The molecule has 0 saturated heterocycles. The molecular weight excluding hydrogens is 285 g/mol. The Morgan fingerprint density at radius 3 is 2.63 bits per heavy atom. The molecule has 2 aromatic rings. The zero-order valence-electron chi connectivity index (χ0n) is 9.61. The fourth-order valence-corrected chi connectivity index (χ4v) is 1.41. The fourth-order valence-electron chi connectivity index (χ4n) is 1.26. The van der Waals surface area contributed by atoms with Crippen LogP contribution in [0.2, 0.25) is 5.28 Å². The fraction of sp³-hybridized carbons (Fsp3) is 0.333. The van der Waals surface area contributed by atoms with E-state index < -0.39 is 11.7 Å². The summed E-state index contributed by atoms with van der Waals surface area (Å²) in [5.74, 6) is 0.0769. The lowest BCUT2D eigenvalue weighted by molar-refractivity contribution is -0.137. The molecule has 2 aromatic heterocycles. The highest BCUT2D eigenvalue weighted by molar-refractivity contribution is 6.28. The first-order valence-electron chi connectivity index (χ1n) is 5.18. The Kier molecular flexibility index (Phi) is 3.56. The Labute approximate surface area is 110 Å². The lowest BCUT2D eigenvalue weighted by atomic mass is 10.4. The molecule has 2 heterocycles. The summed E-state index contributed by atoms with van der Waals surface area (Å²) in [5, 5.41) is 6.20. The zero-order valence-corrected chi connectivity index (χ0v) is 10.4. The van der Waals surface area contributed by atoms with Crippen LogP contribution in [0.3, 0.4) is 0 Å². The third-order valence-corrected chi connectivity index (χ3v) is 2.22. The van der Waals surface area contributed by atoms with Gasteiger partial charge in [-0.1, -0.05) is 0 Å². The summed E-state index contributed by atoms with van der Waals surface area (Å²) >= 11 is 5.67. The molecule has 1 N–H and O–H groups in total. The van der Waals surface area contributed by atoms with E-state index in [2.05, 4.69) is 25.4 Å². The van der Waals surface area contributed by atoms with E-state index in [1.165, 1.54) is 0 Å². The van der Waals surface area contributed by atoms with Gasteiger partial charge in [0, 0.05) is 12.7 Å². The normalized spacial score (nSPS) is 11.6. The maximum Gasteiger partial charge on any atom is 0.419 e. The van der Waals surface area contributed by atoms with Crippen molar-refractivity contribution in [1.29, 1.82) is 0 Å². The van der Waals surface area contributed by atoms with Crippen molar-refractivity contribution in [3.8, 4) is 5.95 Å². The summed E-state index contributed by atoms with van der Waals surface area (Å²) in [4.78, 5) is 11.4. The molecule has 6 nitrogen and oxygen atoms in total. The van der Waals surface area contributed by atoms with Crippen molar-refractivity contribution in [3.63, 3.8) is 0 Å². The second-order valence-electron chi connectivity index (χ2n) is 3.43. The largest absolute Gasteiger partial charge is 0.419 e. The van der Waals surface area contributed by atoms with Gasteiger partial charge in [-0.3, -0.25) is 0 Å². The standard InChI is InChI=1S/C9H8ClF3N6/c1-2-14-7-16-6(10)17-8(18-7)19-4-5(3-15-19)9(11,12)13/h3-4H,2H2,1H3,(H,14,16,17,18). The molecule has 19 heavy (non-hydrogen) atoms. The Hall–Kier alpha value is -1.90. The van der Waals surface area contributed by atoms with Crippen LogP contribution in [0.15, 0.2) is 12.4 Å². The SMILES string of the molecule is CCNc1nc(Cl)nc(-n2cc(C(F)(F)F)cn2)n1. The quantitative estimate of drug-likeness (QED) is 0.939. The zero-order chi connectivity index (χ0) is 14.0. The van der Waals surface area contributed by atoms with E-state index in [-0.39, 0.29) is 17.2 Å². The van der Waals surface area contributed by atoms with Crippen molar-refractivity contribution in [3.05, 3.63) is 23.2 Å². The van der Waals surface area contributed by atoms with Gasteiger partial charge in [0.2, 0.25) is 11.2 Å². The predicted molar refractivity (Wildman–Crippen MR) is 61.1 cm³/mol. The van der Waals surface area contributed by atoms with Crippen LogP contribution < -0.4 is 5.32 Å². The van der Waals surface area contributed by atoms with Crippen LogP contribution in [-0.4, -0.2) is 31.3 Å². The topological polar surface area (TPSA) is 68.5 Å². The summed E-state index contributed by atoms with van der Waals surface area (Å²) < 4.78 is 38.2. The van der Waals surface area contributed by atoms with E-state index in [9.17, 15) is 13.2 Å². The monoisotopic (exact) mass is 292 g/mol. The molecule has 0 unspecified atom stereocenters. The molecule has 0 aliphatic rings. The van der Waals surface area contributed by atoms with Crippen LogP contribution in [0, 0.1) is 0 Å². The van der Waals surface area contributed by atoms with Crippen molar-refractivity contribution in [2.24, 2.45) is 0 Å². The van der Waals surface area contributed by atoms with Crippen LogP contribution in [0.25, 0.3) is 5.95 Å². The number of alkyl halides is 3. The van der Waals surface area contributed by atoms with Crippen LogP contribution in [0.4, 0.5) is 19.1 Å². The second-order valence-corrected chi connectivity index (χ2v) is 3.77. The van der Waals surface area contributed by atoms with E-state index in [4.69, 9.17) is 11.6 Å². The summed E-state index contributed by atoms with van der Waals surface area (Å²) in [6, 6.07) is 0. The third-order valence-electron chi connectivity index (χ3n) is 2.05. The van der Waals surface area contributed by atoms with Gasteiger partial charge in [0.1, 0.15) is 0 Å². The van der Waals surface area contributed by atoms with Crippen LogP contribution in [-0.2, 0) is 6.18 Å². The van der Waals surface area contributed by atoms with E-state index >= 15 is 0 Å². The average Bonchev–Trinajstić information content (AvgIpc) is 2.77. The first-order valence-corrected chi connectivity index (χ1v) is 5.55. The number of nitrogens with one attached hydrogen (secondary N) is 1. The minimum atomic E-state index is -4.47. The van der Waals surface area contributed by atoms with Crippen LogP contribution in [0.1, 0.15) is 12.5 Å². The first kappa shape index (κ1) is 13.5. The van der Waals surface area contributed by atoms with Gasteiger partial charge in [0.15, 0.2) is 0 Å². The molecule has 0 bridgehead atoms. The van der Waals surface area contributed by atoms with Gasteiger partial charge < -0.3 is 5.32 Å². The Morgan fingerprint density at radius 2 is 2.05 bits per heavy atom. The van der Waals surface area contributed by atoms with Gasteiger partial charge in [0.05, 0.1) is 11.8 Å². The average molecular weight is 293 g/mol. The predicted octanol–water partition coefficient (Wildman–Crippen LogP) is 2.16. The number of aromatic nitrogens is 5. The number of halogens is 4. The maximum absolute atomic E-state index is 12.5.